The van der Waals surface area contributed by atoms with Crippen molar-refractivity contribution < 1.29 is 13.7 Å². The maximum Gasteiger partial charge on any atom is 0.246 e. The van der Waals surface area contributed by atoms with Gasteiger partial charge in [0.1, 0.15) is 5.75 Å². The molecule has 3 aromatic rings. The Bertz CT molecular complexity index is 725. The molecule has 2 heterocycles. The molecule has 0 saturated carbocycles. The molecular formula is C14H12ClN3O3. The zero-order valence-electron chi connectivity index (χ0n) is 11.2. The predicted molar refractivity (Wildman–Crippen MR) is 77.3 cm³/mol. The van der Waals surface area contributed by atoms with Crippen molar-refractivity contribution >= 4 is 17.3 Å². The summed E-state index contributed by atoms with van der Waals surface area (Å²) in [5.41, 5.74) is 0.753. The van der Waals surface area contributed by atoms with Crippen LogP contribution in [0.1, 0.15) is 5.89 Å². The minimum atomic E-state index is 0.352. The number of nitrogens with one attached hydrogen (secondary N) is 1. The SMILES string of the molecule is COc1ccc(Cl)cc1NCc1nc(-c2ccco2)no1. The number of halogens is 1. The van der Waals surface area contributed by atoms with Crippen molar-refractivity contribution in [1.29, 1.82) is 0 Å². The summed E-state index contributed by atoms with van der Waals surface area (Å²) in [4.78, 5) is 4.24. The molecule has 6 nitrogen and oxygen atoms in total. The lowest BCUT2D eigenvalue weighted by atomic mass is 10.3. The van der Waals surface area contributed by atoms with E-state index in [4.69, 9.17) is 25.3 Å². The van der Waals surface area contributed by atoms with Gasteiger partial charge in [-0.05, 0) is 30.3 Å². The number of anilines is 1. The Hall–Kier alpha value is -2.47. The van der Waals surface area contributed by atoms with E-state index in [1.807, 2.05) is 0 Å². The van der Waals surface area contributed by atoms with Crippen LogP contribution in [0.3, 0.4) is 0 Å². The van der Waals surface area contributed by atoms with Crippen LogP contribution in [0.25, 0.3) is 11.6 Å². The number of ether oxygens (including phenoxy) is 1. The summed E-state index contributed by atoms with van der Waals surface area (Å²) in [6, 6.07) is 8.84. The standard InChI is InChI=1S/C14H12ClN3O3/c1-19-11-5-4-9(15)7-10(11)16-8-13-17-14(18-21-13)12-3-2-6-20-12/h2-7,16H,8H2,1H3. The highest BCUT2D eigenvalue weighted by atomic mass is 35.5. The molecule has 0 saturated heterocycles. The van der Waals surface area contributed by atoms with Crippen molar-refractivity contribution in [2.45, 2.75) is 6.54 Å². The number of rotatable bonds is 5. The Balaban J connectivity index is 1.72. The molecule has 0 radical (unpaired) electrons. The van der Waals surface area contributed by atoms with E-state index in [0.29, 0.717) is 34.8 Å². The Kier molecular flexibility index (Phi) is 3.79. The largest absolute Gasteiger partial charge is 0.495 e. The summed E-state index contributed by atoms with van der Waals surface area (Å²) >= 11 is 5.97. The maximum absolute atomic E-state index is 5.97. The monoisotopic (exact) mass is 305 g/mol. The van der Waals surface area contributed by atoms with Crippen LogP contribution in [-0.4, -0.2) is 17.3 Å². The Morgan fingerprint density at radius 2 is 2.24 bits per heavy atom. The van der Waals surface area contributed by atoms with Gasteiger partial charge in [-0.15, -0.1) is 0 Å². The zero-order chi connectivity index (χ0) is 14.7. The van der Waals surface area contributed by atoms with E-state index >= 15 is 0 Å². The number of furan rings is 1. The van der Waals surface area contributed by atoms with E-state index in [-0.39, 0.29) is 0 Å². The molecule has 1 N–H and O–H groups in total. The first-order valence-corrected chi connectivity index (χ1v) is 6.58. The highest BCUT2D eigenvalue weighted by molar-refractivity contribution is 6.30. The van der Waals surface area contributed by atoms with Gasteiger partial charge in [0.15, 0.2) is 5.76 Å². The number of methoxy groups -OCH3 is 1. The van der Waals surface area contributed by atoms with Crippen LogP contribution >= 0.6 is 11.6 Å². The lowest BCUT2D eigenvalue weighted by molar-refractivity contribution is 0.382. The maximum atomic E-state index is 5.97. The molecule has 0 amide bonds. The average molecular weight is 306 g/mol. The van der Waals surface area contributed by atoms with Gasteiger partial charge in [0.25, 0.3) is 0 Å². The number of benzene rings is 1. The highest BCUT2D eigenvalue weighted by Gasteiger charge is 2.11. The fourth-order valence-corrected chi connectivity index (χ4v) is 1.99. The molecule has 0 unspecified atom stereocenters. The van der Waals surface area contributed by atoms with Gasteiger partial charge in [0, 0.05) is 5.02 Å². The van der Waals surface area contributed by atoms with Crippen molar-refractivity contribution in [3.63, 3.8) is 0 Å². The molecule has 7 heteroatoms. The second-order valence-corrected chi connectivity index (χ2v) is 4.62. The van der Waals surface area contributed by atoms with E-state index in [2.05, 4.69) is 15.5 Å². The number of aromatic nitrogens is 2. The summed E-state index contributed by atoms with van der Waals surface area (Å²) in [6.45, 7) is 0.352. The fraction of sp³-hybridized carbons (Fsp3) is 0.143. The summed E-state index contributed by atoms with van der Waals surface area (Å²) < 4.78 is 15.6. The lowest BCUT2D eigenvalue weighted by Crippen LogP contribution is -2.01. The highest BCUT2D eigenvalue weighted by Crippen LogP contribution is 2.28. The van der Waals surface area contributed by atoms with Crippen LogP contribution in [0.5, 0.6) is 5.75 Å². The predicted octanol–water partition coefficient (Wildman–Crippen LogP) is 3.60. The summed E-state index contributed by atoms with van der Waals surface area (Å²) in [5, 5.41) is 7.61. The van der Waals surface area contributed by atoms with Crippen LogP contribution < -0.4 is 10.1 Å². The molecule has 0 aliphatic heterocycles. The van der Waals surface area contributed by atoms with Crippen LogP contribution in [0, 0.1) is 0 Å². The number of hydrogen-bond acceptors (Lipinski definition) is 6. The Morgan fingerprint density at radius 1 is 1.33 bits per heavy atom. The second-order valence-electron chi connectivity index (χ2n) is 4.19. The minimum Gasteiger partial charge on any atom is -0.495 e. The smallest absolute Gasteiger partial charge is 0.246 e. The first-order valence-electron chi connectivity index (χ1n) is 6.20. The summed E-state index contributed by atoms with van der Waals surface area (Å²) in [6.07, 6.45) is 1.56. The lowest BCUT2D eigenvalue weighted by Gasteiger charge is -2.09. The van der Waals surface area contributed by atoms with Crippen LogP contribution in [0.2, 0.25) is 5.02 Å². The van der Waals surface area contributed by atoms with Gasteiger partial charge in [0.05, 0.1) is 25.6 Å². The Labute approximate surface area is 125 Å². The fourth-order valence-electron chi connectivity index (χ4n) is 1.82. The normalized spacial score (nSPS) is 10.6. The quantitative estimate of drug-likeness (QED) is 0.776. The van der Waals surface area contributed by atoms with E-state index in [1.165, 1.54) is 0 Å². The topological polar surface area (TPSA) is 73.3 Å². The van der Waals surface area contributed by atoms with Crippen molar-refractivity contribution in [2.75, 3.05) is 12.4 Å². The molecule has 0 aliphatic rings. The van der Waals surface area contributed by atoms with Crippen molar-refractivity contribution in [2.24, 2.45) is 0 Å². The molecule has 0 spiro atoms. The average Bonchev–Trinajstić information content (AvgIpc) is 3.16. The van der Waals surface area contributed by atoms with E-state index < -0.39 is 0 Å². The van der Waals surface area contributed by atoms with E-state index in [9.17, 15) is 0 Å². The third kappa shape index (κ3) is 3.00. The third-order valence-electron chi connectivity index (χ3n) is 2.80. The summed E-state index contributed by atoms with van der Waals surface area (Å²) in [7, 11) is 1.59. The molecule has 1 aromatic carbocycles. The third-order valence-corrected chi connectivity index (χ3v) is 3.04. The molecule has 0 bridgehead atoms. The van der Waals surface area contributed by atoms with Crippen molar-refractivity contribution in [3.8, 4) is 17.3 Å². The van der Waals surface area contributed by atoms with Crippen molar-refractivity contribution in [1.82, 2.24) is 10.1 Å². The zero-order valence-corrected chi connectivity index (χ0v) is 11.9. The van der Waals surface area contributed by atoms with E-state index in [1.54, 1.807) is 43.7 Å². The van der Waals surface area contributed by atoms with Gasteiger partial charge in [0.2, 0.25) is 11.7 Å². The van der Waals surface area contributed by atoms with Crippen LogP contribution in [-0.2, 0) is 6.54 Å². The first kappa shape index (κ1) is 13.5. The van der Waals surface area contributed by atoms with Gasteiger partial charge < -0.3 is 19.0 Å². The van der Waals surface area contributed by atoms with Gasteiger partial charge >= 0.3 is 0 Å². The van der Waals surface area contributed by atoms with Gasteiger partial charge in [-0.25, -0.2) is 0 Å². The van der Waals surface area contributed by atoms with Gasteiger partial charge in [-0.2, -0.15) is 4.98 Å². The second kappa shape index (κ2) is 5.88. The number of hydrogen-bond donors (Lipinski definition) is 1. The van der Waals surface area contributed by atoms with Gasteiger partial charge in [-0.1, -0.05) is 16.8 Å². The minimum absolute atomic E-state index is 0.352. The molecule has 0 atom stereocenters. The molecular weight excluding hydrogens is 294 g/mol. The molecule has 3 rings (SSSR count). The van der Waals surface area contributed by atoms with Crippen molar-refractivity contribution in [3.05, 3.63) is 47.5 Å². The summed E-state index contributed by atoms with van der Waals surface area (Å²) in [5.74, 6) is 2.09. The Morgan fingerprint density at radius 3 is 3.00 bits per heavy atom. The molecule has 2 aromatic heterocycles. The molecule has 0 fully saturated rings. The van der Waals surface area contributed by atoms with E-state index in [0.717, 1.165) is 5.69 Å². The molecule has 0 aliphatic carbocycles. The first-order chi connectivity index (χ1) is 10.3. The van der Waals surface area contributed by atoms with Crippen LogP contribution in [0.15, 0.2) is 45.5 Å². The molecule has 108 valence electrons. The molecule has 21 heavy (non-hydrogen) atoms. The van der Waals surface area contributed by atoms with Gasteiger partial charge in [-0.3, -0.25) is 0 Å². The van der Waals surface area contributed by atoms with Crippen LogP contribution in [0.4, 0.5) is 5.69 Å². The number of nitrogens with zero attached hydrogens (tertiary/aromatic N) is 2.